The van der Waals surface area contributed by atoms with Crippen LogP contribution in [-0.4, -0.2) is 24.9 Å². The van der Waals surface area contributed by atoms with Gasteiger partial charge in [0.2, 0.25) is 0 Å². The molecule has 0 saturated heterocycles. The molecule has 154 valence electrons. The average Bonchev–Trinajstić information content (AvgIpc) is 3.01. The normalized spacial score (nSPS) is 11.2. The van der Waals surface area contributed by atoms with Crippen molar-refractivity contribution in [1.82, 2.24) is 4.57 Å². The highest BCUT2D eigenvalue weighted by molar-refractivity contribution is 5.92. The van der Waals surface area contributed by atoms with E-state index in [1.165, 1.54) is 44.4 Å². The van der Waals surface area contributed by atoms with Crippen molar-refractivity contribution >= 4 is 10.9 Å². The Kier molecular flexibility index (Phi) is 5.91. The van der Waals surface area contributed by atoms with Crippen LogP contribution in [-0.2, 0) is 11.3 Å². The zero-order valence-electron chi connectivity index (χ0n) is 18.2. The molecule has 1 aromatic heterocycles. The van der Waals surface area contributed by atoms with Crippen LogP contribution in [0.3, 0.4) is 0 Å². The van der Waals surface area contributed by atoms with Crippen molar-refractivity contribution in [2.24, 2.45) is 0 Å². The van der Waals surface area contributed by atoms with Gasteiger partial charge in [0.25, 0.3) is 0 Å². The van der Waals surface area contributed by atoms with E-state index in [1.807, 2.05) is 12.1 Å². The van der Waals surface area contributed by atoms with Crippen LogP contribution in [0.5, 0.6) is 5.75 Å². The third-order valence-corrected chi connectivity index (χ3v) is 5.62. The molecule has 0 saturated carbocycles. The molecule has 4 aromatic rings. The van der Waals surface area contributed by atoms with Crippen molar-refractivity contribution in [3.63, 3.8) is 0 Å². The van der Waals surface area contributed by atoms with Crippen molar-refractivity contribution < 1.29 is 9.47 Å². The Morgan fingerprint density at radius 3 is 2.17 bits per heavy atom. The maximum absolute atomic E-state index is 5.71. The lowest BCUT2D eigenvalue weighted by Crippen LogP contribution is -2.05. The fourth-order valence-corrected chi connectivity index (χ4v) is 4.00. The number of hydrogen-bond acceptors (Lipinski definition) is 2. The topological polar surface area (TPSA) is 23.4 Å². The molecule has 0 N–H and O–H groups in total. The minimum Gasteiger partial charge on any atom is -0.491 e. The molecule has 0 bridgehead atoms. The Labute approximate surface area is 178 Å². The number of nitrogens with zero attached hydrogens (tertiary/aromatic N) is 1. The molecule has 0 fully saturated rings. The van der Waals surface area contributed by atoms with E-state index in [0.717, 1.165) is 12.3 Å². The zero-order valence-corrected chi connectivity index (χ0v) is 18.2. The molecule has 4 rings (SSSR count). The van der Waals surface area contributed by atoms with E-state index in [9.17, 15) is 0 Å². The van der Waals surface area contributed by atoms with E-state index < -0.39 is 0 Å². The first-order valence-corrected chi connectivity index (χ1v) is 10.4. The van der Waals surface area contributed by atoms with E-state index in [4.69, 9.17) is 9.47 Å². The molecule has 0 aliphatic carbocycles. The first-order valence-electron chi connectivity index (χ1n) is 10.4. The van der Waals surface area contributed by atoms with E-state index in [-0.39, 0.29) is 0 Å². The number of benzene rings is 3. The number of rotatable bonds is 7. The molecular formula is C27H29NO2. The summed E-state index contributed by atoms with van der Waals surface area (Å²) >= 11 is 0. The molecule has 1 heterocycles. The number of aryl methyl sites for hydroxylation is 3. The molecule has 0 spiro atoms. The summed E-state index contributed by atoms with van der Waals surface area (Å²) < 4.78 is 13.2. The summed E-state index contributed by atoms with van der Waals surface area (Å²) in [6.07, 6.45) is 0. The maximum Gasteiger partial charge on any atom is 0.119 e. The maximum atomic E-state index is 5.71. The minimum atomic E-state index is 0.564. The number of ether oxygens (including phenoxy) is 2. The van der Waals surface area contributed by atoms with Crippen molar-refractivity contribution in [2.75, 3.05) is 20.3 Å². The van der Waals surface area contributed by atoms with Gasteiger partial charge in [-0.25, -0.2) is 0 Å². The Morgan fingerprint density at radius 2 is 1.47 bits per heavy atom. The van der Waals surface area contributed by atoms with Gasteiger partial charge < -0.3 is 14.0 Å². The minimum absolute atomic E-state index is 0.564. The van der Waals surface area contributed by atoms with Gasteiger partial charge in [-0.3, -0.25) is 0 Å². The number of hydrogen-bond donors (Lipinski definition) is 0. The molecule has 3 heteroatoms. The highest BCUT2D eigenvalue weighted by atomic mass is 16.5. The Hall–Kier alpha value is -3.04. The van der Waals surface area contributed by atoms with Gasteiger partial charge in [-0.2, -0.15) is 0 Å². The van der Waals surface area contributed by atoms with Gasteiger partial charge in [-0.05, 0) is 61.7 Å². The summed E-state index contributed by atoms with van der Waals surface area (Å²) in [6, 6.07) is 24.0. The van der Waals surface area contributed by atoms with Gasteiger partial charge in [0, 0.05) is 24.6 Å². The summed E-state index contributed by atoms with van der Waals surface area (Å²) in [6.45, 7) is 8.50. The Bertz CT molecular complexity index is 1140. The second kappa shape index (κ2) is 8.76. The lowest BCUT2D eigenvalue weighted by Gasteiger charge is -2.13. The first kappa shape index (κ1) is 20.2. The molecule has 0 aliphatic rings. The summed E-state index contributed by atoms with van der Waals surface area (Å²) in [5.41, 5.74) is 8.96. The van der Waals surface area contributed by atoms with Crippen LogP contribution in [0, 0.1) is 20.8 Å². The lowest BCUT2D eigenvalue weighted by atomic mass is 10.0. The predicted octanol–water partition coefficient (Wildman–Crippen LogP) is 6.31. The zero-order chi connectivity index (χ0) is 21.1. The van der Waals surface area contributed by atoms with Crippen molar-refractivity contribution in [1.29, 1.82) is 0 Å². The van der Waals surface area contributed by atoms with Gasteiger partial charge in [-0.1, -0.05) is 53.6 Å². The van der Waals surface area contributed by atoms with Gasteiger partial charge in [0.15, 0.2) is 0 Å². The smallest absolute Gasteiger partial charge is 0.119 e. The SMILES string of the molecule is COCCOc1ccc(Cn2c(-c3ccc(C)cc3)c(C)c3cc(C)ccc32)cc1. The van der Waals surface area contributed by atoms with Crippen LogP contribution in [0.1, 0.15) is 22.3 Å². The summed E-state index contributed by atoms with van der Waals surface area (Å²) in [5, 5.41) is 1.32. The fraction of sp³-hybridized carbons (Fsp3) is 0.259. The molecular weight excluding hydrogens is 370 g/mol. The van der Waals surface area contributed by atoms with E-state index in [0.29, 0.717) is 13.2 Å². The summed E-state index contributed by atoms with van der Waals surface area (Å²) in [4.78, 5) is 0. The van der Waals surface area contributed by atoms with Crippen LogP contribution < -0.4 is 4.74 Å². The van der Waals surface area contributed by atoms with Gasteiger partial charge in [0.1, 0.15) is 12.4 Å². The average molecular weight is 400 g/mol. The van der Waals surface area contributed by atoms with Crippen LogP contribution in [0.2, 0.25) is 0 Å². The molecule has 30 heavy (non-hydrogen) atoms. The molecule has 0 aliphatic heterocycles. The van der Waals surface area contributed by atoms with Crippen LogP contribution in [0.15, 0.2) is 66.7 Å². The highest BCUT2D eigenvalue weighted by Gasteiger charge is 2.16. The standard InChI is InChI=1S/C27H29NO2/c1-19-5-10-23(11-6-19)27-21(3)25-17-20(2)7-14-26(25)28(27)18-22-8-12-24(13-9-22)30-16-15-29-4/h5-14,17H,15-16,18H2,1-4H3. The van der Waals surface area contributed by atoms with Crippen LogP contribution in [0.25, 0.3) is 22.2 Å². The summed E-state index contributed by atoms with van der Waals surface area (Å²) in [5.74, 6) is 0.874. The summed E-state index contributed by atoms with van der Waals surface area (Å²) in [7, 11) is 1.68. The largest absolute Gasteiger partial charge is 0.491 e. The monoisotopic (exact) mass is 399 g/mol. The molecule has 0 amide bonds. The van der Waals surface area contributed by atoms with E-state index in [1.54, 1.807) is 7.11 Å². The highest BCUT2D eigenvalue weighted by Crippen LogP contribution is 2.34. The first-order chi connectivity index (χ1) is 14.6. The van der Waals surface area contributed by atoms with Gasteiger partial charge in [-0.15, -0.1) is 0 Å². The fourth-order valence-electron chi connectivity index (χ4n) is 4.00. The predicted molar refractivity (Wildman–Crippen MR) is 125 cm³/mol. The van der Waals surface area contributed by atoms with Crippen molar-refractivity contribution in [3.8, 4) is 17.0 Å². The lowest BCUT2D eigenvalue weighted by molar-refractivity contribution is 0.146. The third-order valence-electron chi connectivity index (χ3n) is 5.62. The van der Waals surface area contributed by atoms with Crippen molar-refractivity contribution in [3.05, 3.63) is 89.0 Å². The quantitative estimate of drug-likeness (QED) is 0.340. The van der Waals surface area contributed by atoms with Crippen LogP contribution in [0.4, 0.5) is 0 Å². The third kappa shape index (κ3) is 4.12. The van der Waals surface area contributed by atoms with Crippen molar-refractivity contribution in [2.45, 2.75) is 27.3 Å². The Morgan fingerprint density at radius 1 is 0.767 bits per heavy atom. The molecule has 0 radical (unpaired) electrons. The molecule has 0 atom stereocenters. The number of fused-ring (bicyclic) bond motifs is 1. The molecule has 3 nitrogen and oxygen atoms in total. The molecule has 3 aromatic carbocycles. The van der Waals surface area contributed by atoms with Gasteiger partial charge >= 0.3 is 0 Å². The van der Waals surface area contributed by atoms with E-state index in [2.05, 4.69) is 79.9 Å². The number of aromatic nitrogens is 1. The Balaban J connectivity index is 1.74. The van der Waals surface area contributed by atoms with Crippen LogP contribution >= 0.6 is 0 Å². The van der Waals surface area contributed by atoms with Gasteiger partial charge in [0.05, 0.1) is 12.3 Å². The number of methoxy groups -OCH3 is 1. The van der Waals surface area contributed by atoms with E-state index >= 15 is 0 Å². The second-order valence-electron chi connectivity index (χ2n) is 7.93. The molecule has 0 unspecified atom stereocenters. The second-order valence-corrected chi connectivity index (χ2v) is 7.93.